The minimum atomic E-state index is -1.31. The summed E-state index contributed by atoms with van der Waals surface area (Å²) in [6.07, 6.45) is 3.36. The molecule has 0 saturated carbocycles. The predicted octanol–water partition coefficient (Wildman–Crippen LogP) is 1.56. The fraction of sp³-hybridized carbons (Fsp3) is 0. The zero-order chi connectivity index (χ0) is 9.14. The molecule has 4 heteroatoms. The molecule has 0 aromatic carbocycles. The molecule has 0 fully saturated rings. The van der Waals surface area contributed by atoms with E-state index in [2.05, 4.69) is 11.6 Å². The number of rotatable bonds is 2. The van der Waals surface area contributed by atoms with E-state index >= 15 is 0 Å². The third kappa shape index (κ3) is 1.32. The molecular formula is C8H6FNO2. The molecule has 0 atom stereocenters. The van der Waals surface area contributed by atoms with Crippen LogP contribution in [0, 0.1) is 5.82 Å². The first-order valence-electron chi connectivity index (χ1n) is 3.16. The van der Waals surface area contributed by atoms with Gasteiger partial charge in [0.1, 0.15) is 5.56 Å². The molecule has 1 N–H and O–H groups in total. The molecule has 1 aromatic rings. The van der Waals surface area contributed by atoms with Gasteiger partial charge in [-0.25, -0.2) is 9.18 Å². The van der Waals surface area contributed by atoms with Gasteiger partial charge in [-0.3, -0.25) is 4.98 Å². The summed E-state index contributed by atoms with van der Waals surface area (Å²) in [4.78, 5) is 14.0. The standard InChI is InChI=1S/C8H6FNO2/c1-2-5-3-10-4-6(9)7(5)8(11)12/h2-4H,1H2,(H,11,12). The number of carboxylic acid groups (broad SMARTS) is 1. The first-order chi connectivity index (χ1) is 5.66. The fourth-order valence-corrected chi connectivity index (χ4v) is 0.830. The summed E-state index contributed by atoms with van der Waals surface area (Å²) in [6, 6.07) is 0. The van der Waals surface area contributed by atoms with E-state index in [1.165, 1.54) is 12.3 Å². The van der Waals surface area contributed by atoms with Gasteiger partial charge >= 0.3 is 5.97 Å². The number of hydrogen-bond acceptors (Lipinski definition) is 2. The lowest BCUT2D eigenvalue weighted by Crippen LogP contribution is -2.03. The molecule has 0 amide bonds. The first-order valence-corrected chi connectivity index (χ1v) is 3.16. The zero-order valence-electron chi connectivity index (χ0n) is 6.12. The maximum absolute atomic E-state index is 12.8. The summed E-state index contributed by atoms with van der Waals surface area (Å²) >= 11 is 0. The van der Waals surface area contributed by atoms with Crippen molar-refractivity contribution < 1.29 is 14.3 Å². The van der Waals surface area contributed by atoms with Crippen molar-refractivity contribution in [3.63, 3.8) is 0 Å². The number of nitrogens with zero attached hydrogens (tertiary/aromatic N) is 1. The second-order valence-corrected chi connectivity index (χ2v) is 2.09. The Kier molecular flexibility index (Phi) is 2.19. The molecule has 62 valence electrons. The maximum atomic E-state index is 12.8. The Hall–Kier alpha value is -1.71. The normalized spacial score (nSPS) is 9.42. The van der Waals surface area contributed by atoms with Crippen LogP contribution in [-0.2, 0) is 0 Å². The number of carbonyl (C=O) groups is 1. The van der Waals surface area contributed by atoms with Crippen LogP contribution in [0.5, 0.6) is 0 Å². The maximum Gasteiger partial charge on any atom is 0.339 e. The van der Waals surface area contributed by atoms with E-state index in [-0.39, 0.29) is 11.1 Å². The lowest BCUT2D eigenvalue weighted by molar-refractivity contribution is 0.0691. The van der Waals surface area contributed by atoms with Gasteiger partial charge in [-0.05, 0) is 0 Å². The molecule has 3 nitrogen and oxygen atoms in total. The summed E-state index contributed by atoms with van der Waals surface area (Å²) < 4.78 is 12.8. The molecule has 1 aromatic heterocycles. The Bertz CT molecular complexity index is 336. The highest BCUT2D eigenvalue weighted by Crippen LogP contribution is 2.12. The van der Waals surface area contributed by atoms with Gasteiger partial charge < -0.3 is 5.11 Å². The van der Waals surface area contributed by atoms with Crippen LogP contribution in [0.2, 0.25) is 0 Å². The van der Waals surface area contributed by atoms with Crippen molar-refractivity contribution in [2.45, 2.75) is 0 Å². The van der Waals surface area contributed by atoms with Crippen molar-refractivity contribution in [3.8, 4) is 0 Å². The van der Waals surface area contributed by atoms with Crippen molar-refractivity contribution in [2.24, 2.45) is 0 Å². The van der Waals surface area contributed by atoms with Crippen LogP contribution in [0.25, 0.3) is 6.08 Å². The van der Waals surface area contributed by atoms with E-state index in [1.807, 2.05) is 0 Å². The van der Waals surface area contributed by atoms with E-state index in [1.54, 1.807) is 0 Å². The van der Waals surface area contributed by atoms with Crippen molar-refractivity contribution in [1.29, 1.82) is 0 Å². The van der Waals surface area contributed by atoms with Gasteiger partial charge in [0.2, 0.25) is 0 Å². The van der Waals surface area contributed by atoms with Crippen LogP contribution in [0.1, 0.15) is 15.9 Å². The van der Waals surface area contributed by atoms with Crippen LogP contribution in [0.3, 0.4) is 0 Å². The Labute approximate surface area is 68.2 Å². The molecule has 0 aliphatic rings. The van der Waals surface area contributed by atoms with Gasteiger partial charge in [0.05, 0.1) is 6.20 Å². The van der Waals surface area contributed by atoms with Crippen molar-refractivity contribution >= 4 is 12.0 Å². The second kappa shape index (κ2) is 3.13. The molecule has 1 rings (SSSR count). The summed E-state index contributed by atoms with van der Waals surface area (Å²) in [7, 11) is 0. The molecule has 0 spiro atoms. The van der Waals surface area contributed by atoms with Crippen molar-refractivity contribution in [3.05, 3.63) is 35.9 Å². The third-order valence-electron chi connectivity index (χ3n) is 1.36. The molecule has 0 saturated heterocycles. The highest BCUT2D eigenvalue weighted by Gasteiger charge is 2.13. The highest BCUT2D eigenvalue weighted by atomic mass is 19.1. The third-order valence-corrected chi connectivity index (χ3v) is 1.36. The molecule has 0 aliphatic carbocycles. The van der Waals surface area contributed by atoms with E-state index in [0.29, 0.717) is 0 Å². The molecule has 0 aliphatic heterocycles. The van der Waals surface area contributed by atoms with Gasteiger partial charge in [0, 0.05) is 11.8 Å². The molecule has 1 heterocycles. The molecule has 0 bridgehead atoms. The Morgan fingerprint density at radius 2 is 2.33 bits per heavy atom. The SMILES string of the molecule is C=Cc1cncc(F)c1C(=O)O. The quantitative estimate of drug-likeness (QED) is 0.727. The largest absolute Gasteiger partial charge is 0.478 e. The van der Waals surface area contributed by atoms with E-state index in [9.17, 15) is 9.18 Å². The van der Waals surface area contributed by atoms with Crippen LogP contribution < -0.4 is 0 Å². The number of hydrogen-bond donors (Lipinski definition) is 1. The summed E-state index contributed by atoms with van der Waals surface area (Å²) in [5.74, 6) is -2.16. The number of carboxylic acids is 1. The lowest BCUT2D eigenvalue weighted by Gasteiger charge is -1.99. The van der Waals surface area contributed by atoms with Gasteiger partial charge in [-0.2, -0.15) is 0 Å². The smallest absolute Gasteiger partial charge is 0.339 e. The molecule has 0 radical (unpaired) electrons. The Morgan fingerprint density at radius 3 is 2.75 bits per heavy atom. The molecule has 0 unspecified atom stereocenters. The second-order valence-electron chi connectivity index (χ2n) is 2.09. The minimum Gasteiger partial charge on any atom is -0.478 e. The number of aromatic carboxylic acids is 1. The van der Waals surface area contributed by atoms with Crippen LogP contribution in [0.4, 0.5) is 4.39 Å². The summed E-state index contributed by atoms with van der Waals surface area (Å²) in [6.45, 7) is 3.35. The zero-order valence-corrected chi connectivity index (χ0v) is 6.12. The van der Waals surface area contributed by atoms with Crippen molar-refractivity contribution in [2.75, 3.05) is 0 Å². The highest BCUT2D eigenvalue weighted by molar-refractivity contribution is 5.92. The van der Waals surface area contributed by atoms with E-state index < -0.39 is 11.8 Å². The van der Waals surface area contributed by atoms with Gasteiger partial charge in [0.25, 0.3) is 0 Å². The monoisotopic (exact) mass is 167 g/mol. The average Bonchev–Trinajstić information content (AvgIpc) is 2.03. The summed E-state index contributed by atoms with van der Waals surface area (Å²) in [5, 5.41) is 8.56. The predicted molar refractivity (Wildman–Crippen MR) is 41.2 cm³/mol. The minimum absolute atomic E-state index is 0.183. The summed E-state index contributed by atoms with van der Waals surface area (Å²) in [5.41, 5.74) is -0.206. The fourth-order valence-electron chi connectivity index (χ4n) is 0.830. The Morgan fingerprint density at radius 1 is 1.67 bits per heavy atom. The lowest BCUT2D eigenvalue weighted by atomic mass is 10.1. The van der Waals surface area contributed by atoms with E-state index in [0.717, 1.165) is 6.20 Å². The first kappa shape index (κ1) is 8.39. The number of aromatic nitrogens is 1. The van der Waals surface area contributed by atoms with Crippen molar-refractivity contribution in [1.82, 2.24) is 4.98 Å². The van der Waals surface area contributed by atoms with Gasteiger partial charge in [-0.1, -0.05) is 12.7 Å². The average molecular weight is 167 g/mol. The van der Waals surface area contributed by atoms with Crippen LogP contribution in [0.15, 0.2) is 19.0 Å². The van der Waals surface area contributed by atoms with Gasteiger partial charge in [-0.15, -0.1) is 0 Å². The Balaban J connectivity index is 3.39. The molecular weight excluding hydrogens is 161 g/mol. The van der Waals surface area contributed by atoms with Crippen LogP contribution >= 0.6 is 0 Å². The number of halogens is 1. The van der Waals surface area contributed by atoms with Crippen LogP contribution in [-0.4, -0.2) is 16.1 Å². The van der Waals surface area contributed by atoms with Gasteiger partial charge in [0.15, 0.2) is 5.82 Å². The topological polar surface area (TPSA) is 50.2 Å². The number of pyridine rings is 1. The van der Waals surface area contributed by atoms with E-state index in [4.69, 9.17) is 5.11 Å². The molecule has 12 heavy (non-hydrogen) atoms.